The summed E-state index contributed by atoms with van der Waals surface area (Å²) in [7, 11) is 3.87. The lowest BCUT2D eigenvalue weighted by atomic mass is 10.2. The third kappa shape index (κ3) is 7.54. The van der Waals surface area contributed by atoms with Crippen molar-refractivity contribution in [1.82, 2.24) is 10.2 Å². The maximum Gasteiger partial charge on any atom is 0.0630 e. The van der Waals surface area contributed by atoms with Crippen LogP contribution in [0, 0.1) is 0 Å². The first kappa shape index (κ1) is 14.6. The molecule has 3 heteroatoms. The van der Waals surface area contributed by atoms with Crippen LogP contribution in [0.2, 0.25) is 0 Å². The highest BCUT2D eigenvalue weighted by molar-refractivity contribution is 4.92. The largest absolute Gasteiger partial charge is 0.383 e. The molecule has 0 aliphatic heterocycles. The van der Waals surface area contributed by atoms with Gasteiger partial charge < -0.3 is 10.1 Å². The number of nitrogens with zero attached hydrogens (tertiary/aromatic N) is 1. The van der Waals surface area contributed by atoms with Crippen LogP contribution in [0.25, 0.3) is 0 Å². The molecule has 0 saturated heterocycles. The molecule has 0 heterocycles. The number of likely N-dealkylation sites (N-methyl/N-ethyl adjacent to an activating group) is 1. The minimum absolute atomic E-state index is 0.429. The molecular weight excluding hydrogens is 188 g/mol. The van der Waals surface area contributed by atoms with E-state index in [1.165, 1.54) is 12.0 Å². The molecule has 1 atom stereocenters. The van der Waals surface area contributed by atoms with Crippen LogP contribution in [-0.2, 0) is 4.74 Å². The predicted octanol–water partition coefficient (Wildman–Crippen LogP) is 1.51. The van der Waals surface area contributed by atoms with Crippen LogP contribution in [0.1, 0.15) is 20.3 Å². The minimum Gasteiger partial charge on any atom is -0.383 e. The van der Waals surface area contributed by atoms with E-state index in [-0.39, 0.29) is 0 Å². The van der Waals surface area contributed by atoms with Gasteiger partial charge in [0.25, 0.3) is 0 Å². The Bertz CT molecular complexity index is 171. The van der Waals surface area contributed by atoms with Crippen LogP contribution in [-0.4, -0.2) is 51.3 Å². The summed E-state index contributed by atoms with van der Waals surface area (Å²) < 4.78 is 5.23. The Kier molecular flexibility index (Phi) is 8.67. The second-order valence-corrected chi connectivity index (χ2v) is 4.19. The van der Waals surface area contributed by atoms with Crippen molar-refractivity contribution in [3.05, 3.63) is 12.2 Å². The van der Waals surface area contributed by atoms with Gasteiger partial charge in [-0.1, -0.05) is 19.1 Å². The van der Waals surface area contributed by atoms with Gasteiger partial charge >= 0.3 is 0 Å². The first-order valence-electron chi connectivity index (χ1n) is 5.66. The molecule has 0 aromatic rings. The van der Waals surface area contributed by atoms with Gasteiger partial charge in [-0.3, -0.25) is 4.90 Å². The Labute approximate surface area is 94.5 Å². The fourth-order valence-corrected chi connectivity index (χ4v) is 1.53. The highest BCUT2D eigenvalue weighted by Gasteiger charge is 2.13. The Morgan fingerprint density at radius 2 is 2.20 bits per heavy atom. The molecule has 0 aromatic carbocycles. The number of rotatable bonds is 9. The van der Waals surface area contributed by atoms with Crippen molar-refractivity contribution in [3.8, 4) is 0 Å². The molecule has 0 rings (SSSR count). The number of methoxy groups -OCH3 is 1. The van der Waals surface area contributed by atoms with E-state index >= 15 is 0 Å². The monoisotopic (exact) mass is 214 g/mol. The molecule has 0 bridgehead atoms. The second-order valence-electron chi connectivity index (χ2n) is 4.19. The molecule has 0 fully saturated rings. The van der Waals surface area contributed by atoms with Crippen LogP contribution in [0.3, 0.4) is 0 Å². The quantitative estimate of drug-likeness (QED) is 0.465. The molecule has 0 aliphatic rings. The maximum atomic E-state index is 5.23. The van der Waals surface area contributed by atoms with E-state index in [1.807, 2.05) is 0 Å². The topological polar surface area (TPSA) is 24.5 Å². The molecule has 0 radical (unpaired) electrons. The Morgan fingerprint density at radius 3 is 2.67 bits per heavy atom. The first-order chi connectivity index (χ1) is 7.11. The van der Waals surface area contributed by atoms with Crippen molar-refractivity contribution < 1.29 is 4.74 Å². The average Bonchev–Trinajstić information content (AvgIpc) is 2.15. The van der Waals surface area contributed by atoms with E-state index in [0.717, 1.165) is 26.2 Å². The lowest BCUT2D eigenvalue weighted by Crippen LogP contribution is -2.43. The summed E-state index contributed by atoms with van der Waals surface area (Å²) in [5.41, 5.74) is 1.19. The summed E-state index contributed by atoms with van der Waals surface area (Å²) in [4.78, 5) is 2.29. The fourth-order valence-electron chi connectivity index (χ4n) is 1.53. The molecule has 0 saturated carbocycles. The molecule has 15 heavy (non-hydrogen) atoms. The zero-order chi connectivity index (χ0) is 11.7. The summed E-state index contributed by atoms with van der Waals surface area (Å²) in [6.45, 7) is 11.9. The van der Waals surface area contributed by atoms with Gasteiger partial charge in [0.1, 0.15) is 0 Å². The van der Waals surface area contributed by atoms with E-state index in [1.54, 1.807) is 7.11 Å². The number of hydrogen-bond acceptors (Lipinski definition) is 3. The van der Waals surface area contributed by atoms with Crippen LogP contribution in [0.4, 0.5) is 0 Å². The van der Waals surface area contributed by atoms with Crippen molar-refractivity contribution in [3.63, 3.8) is 0 Å². The van der Waals surface area contributed by atoms with Gasteiger partial charge in [0.2, 0.25) is 0 Å². The zero-order valence-electron chi connectivity index (χ0n) is 10.7. The number of nitrogens with one attached hydrogen (secondary N) is 1. The van der Waals surface area contributed by atoms with Crippen molar-refractivity contribution >= 4 is 0 Å². The fraction of sp³-hybridized carbons (Fsp3) is 0.833. The van der Waals surface area contributed by atoms with E-state index < -0.39 is 0 Å². The normalized spacial score (nSPS) is 13.1. The van der Waals surface area contributed by atoms with Crippen molar-refractivity contribution in [2.45, 2.75) is 26.3 Å². The Balaban J connectivity index is 3.93. The van der Waals surface area contributed by atoms with Gasteiger partial charge in [-0.05, 0) is 26.9 Å². The van der Waals surface area contributed by atoms with Gasteiger partial charge in [-0.25, -0.2) is 0 Å². The van der Waals surface area contributed by atoms with Gasteiger partial charge in [0.05, 0.1) is 6.61 Å². The summed E-state index contributed by atoms with van der Waals surface area (Å²) in [6, 6.07) is 0.429. The van der Waals surface area contributed by atoms with Crippen LogP contribution >= 0.6 is 0 Å². The summed E-state index contributed by atoms with van der Waals surface area (Å²) in [6.07, 6.45) is 1.17. The number of ether oxygens (including phenoxy) is 1. The highest BCUT2D eigenvalue weighted by Crippen LogP contribution is 2.00. The van der Waals surface area contributed by atoms with E-state index in [2.05, 4.69) is 37.7 Å². The molecule has 1 unspecified atom stereocenters. The van der Waals surface area contributed by atoms with E-state index in [4.69, 9.17) is 4.74 Å². The average molecular weight is 214 g/mol. The maximum absolute atomic E-state index is 5.23. The standard InChI is InChI=1S/C12H26N2O/c1-6-7-13-8-12(10-15-5)14(4)9-11(2)3/h12-13H,2,6-10H2,1,3-5H3. The molecule has 0 aliphatic carbocycles. The molecule has 0 spiro atoms. The molecule has 90 valence electrons. The molecule has 0 amide bonds. The van der Waals surface area contributed by atoms with Crippen molar-refractivity contribution in [1.29, 1.82) is 0 Å². The summed E-state index contributed by atoms with van der Waals surface area (Å²) in [5.74, 6) is 0. The van der Waals surface area contributed by atoms with Crippen LogP contribution in [0.15, 0.2) is 12.2 Å². The SMILES string of the molecule is C=C(C)CN(C)C(CNCCC)COC. The third-order valence-electron chi connectivity index (χ3n) is 2.31. The Morgan fingerprint density at radius 1 is 1.53 bits per heavy atom. The van der Waals surface area contributed by atoms with Crippen LogP contribution < -0.4 is 5.32 Å². The van der Waals surface area contributed by atoms with Crippen molar-refractivity contribution in [2.75, 3.05) is 40.4 Å². The zero-order valence-corrected chi connectivity index (χ0v) is 10.7. The molecular formula is C12H26N2O. The third-order valence-corrected chi connectivity index (χ3v) is 2.31. The van der Waals surface area contributed by atoms with Crippen LogP contribution in [0.5, 0.6) is 0 Å². The summed E-state index contributed by atoms with van der Waals surface area (Å²) in [5, 5.41) is 3.42. The minimum atomic E-state index is 0.429. The molecule has 0 aromatic heterocycles. The van der Waals surface area contributed by atoms with Gasteiger partial charge in [-0.15, -0.1) is 0 Å². The highest BCUT2D eigenvalue weighted by atomic mass is 16.5. The lowest BCUT2D eigenvalue weighted by molar-refractivity contribution is 0.110. The predicted molar refractivity (Wildman–Crippen MR) is 66.3 cm³/mol. The Hall–Kier alpha value is -0.380. The second kappa shape index (κ2) is 8.89. The van der Waals surface area contributed by atoms with Gasteiger partial charge in [0, 0.05) is 26.2 Å². The first-order valence-corrected chi connectivity index (χ1v) is 5.66. The smallest absolute Gasteiger partial charge is 0.0630 e. The van der Waals surface area contributed by atoms with E-state index in [9.17, 15) is 0 Å². The van der Waals surface area contributed by atoms with E-state index in [0.29, 0.717) is 6.04 Å². The number of hydrogen-bond donors (Lipinski definition) is 1. The van der Waals surface area contributed by atoms with Crippen molar-refractivity contribution in [2.24, 2.45) is 0 Å². The lowest BCUT2D eigenvalue weighted by Gasteiger charge is -2.27. The summed E-state index contributed by atoms with van der Waals surface area (Å²) >= 11 is 0. The van der Waals surface area contributed by atoms with Gasteiger partial charge in [-0.2, -0.15) is 0 Å². The molecule has 3 nitrogen and oxygen atoms in total. The molecule has 1 N–H and O–H groups in total. The van der Waals surface area contributed by atoms with Gasteiger partial charge in [0.15, 0.2) is 0 Å².